The molecular formula is C14H10BrClN2O3. The third kappa shape index (κ3) is 3.59. The Labute approximate surface area is 134 Å². The van der Waals surface area contributed by atoms with Crippen LogP contribution < -0.4 is 5.32 Å². The maximum absolute atomic E-state index is 12.2. The van der Waals surface area contributed by atoms with Crippen LogP contribution in [0.4, 0.5) is 11.4 Å². The van der Waals surface area contributed by atoms with E-state index in [1.165, 1.54) is 18.2 Å². The summed E-state index contributed by atoms with van der Waals surface area (Å²) in [6.45, 7) is 1.69. The Morgan fingerprint density at radius 2 is 2.00 bits per heavy atom. The van der Waals surface area contributed by atoms with E-state index in [0.717, 1.165) is 0 Å². The predicted molar refractivity (Wildman–Crippen MR) is 84.9 cm³/mol. The van der Waals surface area contributed by atoms with Crippen LogP contribution in [0.25, 0.3) is 0 Å². The Hall–Kier alpha value is -1.92. The molecule has 0 aliphatic carbocycles. The highest BCUT2D eigenvalue weighted by molar-refractivity contribution is 9.10. The van der Waals surface area contributed by atoms with Crippen LogP contribution in [0.1, 0.15) is 15.9 Å². The van der Waals surface area contributed by atoms with Gasteiger partial charge in [-0.05, 0) is 52.7 Å². The van der Waals surface area contributed by atoms with Crippen LogP contribution in [0.5, 0.6) is 0 Å². The standard InChI is InChI=1S/C14H10BrClN2O3/c1-8-6-10(18(20)21)3-5-13(8)17-14(19)11-7-9(16)2-4-12(11)15/h2-7H,1H3,(H,17,19). The van der Waals surface area contributed by atoms with Crippen LogP contribution in [-0.4, -0.2) is 10.8 Å². The fourth-order valence-electron chi connectivity index (χ4n) is 1.76. The highest BCUT2D eigenvalue weighted by Crippen LogP contribution is 2.25. The van der Waals surface area contributed by atoms with Crippen molar-refractivity contribution in [1.29, 1.82) is 0 Å². The number of aryl methyl sites for hydroxylation is 1. The van der Waals surface area contributed by atoms with Gasteiger partial charge in [-0.2, -0.15) is 0 Å². The molecule has 0 bridgehead atoms. The summed E-state index contributed by atoms with van der Waals surface area (Å²) in [6, 6.07) is 9.14. The van der Waals surface area contributed by atoms with E-state index in [2.05, 4.69) is 21.2 Å². The molecule has 0 unspecified atom stereocenters. The van der Waals surface area contributed by atoms with Gasteiger partial charge in [0.2, 0.25) is 0 Å². The van der Waals surface area contributed by atoms with Crippen molar-refractivity contribution in [3.8, 4) is 0 Å². The molecule has 0 aliphatic heterocycles. The summed E-state index contributed by atoms with van der Waals surface area (Å²) in [5.41, 5.74) is 1.49. The Bertz CT molecular complexity index is 734. The average Bonchev–Trinajstić information content (AvgIpc) is 2.43. The first-order valence-corrected chi connectivity index (χ1v) is 7.07. The molecule has 0 aliphatic rings. The number of nitro groups is 1. The monoisotopic (exact) mass is 368 g/mol. The molecule has 2 aromatic rings. The van der Waals surface area contributed by atoms with Gasteiger partial charge in [-0.15, -0.1) is 0 Å². The molecule has 0 atom stereocenters. The largest absolute Gasteiger partial charge is 0.322 e. The van der Waals surface area contributed by atoms with Crippen LogP contribution in [0.3, 0.4) is 0 Å². The molecule has 2 rings (SSSR count). The van der Waals surface area contributed by atoms with Crippen molar-refractivity contribution in [1.82, 2.24) is 0 Å². The van der Waals surface area contributed by atoms with Gasteiger partial charge in [-0.3, -0.25) is 14.9 Å². The lowest BCUT2D eigenvalue weighted by molar-refractivity contribution is -0.384. The number of hydrogen-bond donors (Lipinski definition) is 1. The number of non-ortho nitro benzene ring substituents is 1. The van der Waals surface area contributed by atoms with Crippen molar-refractivity contribution in [2.75, 3.05) is 5.32 Å². The van der Waals surface area contributed by atoms with Crippen LogP contribution in [0.2, 0.25) is 5.02 Å². The molecule has 0 radical (unpaired) electrons. The molecule has 1 N–H and O–H groups in total. The number of rotatable bonds is 3. The van der Waals surface area contributed by atoms with Gasteiger partial charge in [0.15, 0.2) is 0 Å². The second-order valence-corrected chi connectivity index (χ2v) is 5.63. The number of carbonyl (C=O) groups is 1. The quantitative estimate of drug-likeness (QED) is 0.636. The van der Waals surface area contributed by atoms with Gasteiger partial charge in [-0.1, -0.05) is 11.6 Å². The smallest absolute Gasteiger partial charge is 0.269 e. The molecule has 0 fully saturated rings. The van der Waals surface area contributed by atoms with Crippen molar-refractivity contribution < 1.29 is 9.72 Å². The van der Waals surface area contributed by atoms with E-state index in [9.17, 15) is 14.9 Å². The second-order valence-electron chi connectivity index (χ2n) is 4.33. The molecule has 0 heterocycles. The van der Waals surface area contributed by atoms with E-state index >= 15 is 0 Å². The van der Waals surface area contributed by atoms with Crippen molar-refractivity contribution in [3.63, 3.8) is 0 Å². The van der Waals surface area contributed by atoms with E-state index in [1.807, 2.05) is 0 Å². The first kappa shape index (κ1) is 15.5. The molecule has 0 saturated heterocycles. The molecular weight excluding hydrogens is 360 g/mol. The third-order valence-corrected chi connectivity index (χ3v) is 3.77. The number of nitrogens with one attached hydrogen (secondary N) is 1. The molecule has 7 heteroatoms. The van der Waals surface area contributed by atoms with Gasteiger partial charge >= 0.3 is 0 Å². The predicted octanol–water partition coefficient (Wildman–Crippen LogP) is 4.57. The molecule has 21 heavy (non-hydrogen) atoms. The zero-order valence-corrected chi connectivity index (χ0v) is 13.2. The minimum atomic E-state index is -0.480. The SMILES string of the molecule is Cc1cc([N+](=O)[O-])ccc1NC(=O)c1cc(Cl)ccc1Br. The molecule has 108 valence electrons. The van der Waals surface area contributed by atoms with E-state index in [1.54, 1.807) is 25.1 Å². The molecule has 2 aromatic carbocycles. The van der Waals surface area contributed by atoms with Gasteiger partial charge in [0.05, 0.1) is 10.5 Å². The summed E-state index contributed by atoms with van der Waals surface area (Å²) >= 11 is 9.16. The number of hydrogen-bond acceptors (Lipinski definition) is 3. The maximum Gasteiger partial charge on any atom is 0.269 e. The molecule has 0 aromatic heterocycles. The highest BCUT2D eigenvalue weighted by atomic mass is 79.9. The molecule has 1 amide bonds. The summed E-state index contributed by atoms with van der Waals surface area (Å²) in [7, 11) is 0. The van der Waals surface area contributed by atoms with Crippen LogP contribution in [-0.2, 0) is 0 Å². The Balaban J connectivity index is 2.27. The highest BCUT2D eigenvalue weighted by Gasteiger charge is 2.14. The van der Waals surface area contributed by atoms with Crippen molar-refractivity contribution >= 4 is 44.8 Å². The van der Waals surface area contributed by atoms with Gasteiger partial charge in [-0.25, -0.2) is 0 Å². The molecule has 0 saturated carbocycles. The van der Waals surface area contributed by atoms with Crippen molar-refractivity contribution in [2.24, 2.45) is 0 Å². The summed E-state index contributed by atoms with van der Waals surface area (Å²) in [5, 5.41) is 13.8. The average molecular weight is 370 g/mol. The lowest BCUT2D eigenvalue weighted by atomic mass is 10.1. The van der Waals surface area contributed by atoms with Crippen LogP contribution in [0, 0.1) is 17.0 Å². The van der Waals surface area contributed by atoms with E-state index in [4.69, 9.17) is 11.6 Å². The zero-order chi connectivity index (χ0) is 15.6. The van der Waals surface area contributed by atoms with Gasteiger partial charge in [0, 0.05) is 27.3 Å². The summed E-state index contributed by atoms with van der Waals surface area (Å²) in [6.07, 6.45) is 0. The lowest BCUT2D eigenvalue weighted by Gasteiger charge is -2.09. The third-order valence-electron chi connectivity index (χ3n) is 2.84. The zero-order valence-electron chi connectivity index (χ0n) is 10.9. The number of halogens is 2. The minimum Gasteiger partial charge on any atom is -0.322 e. The topological polar surface area (TPSA) is 72.2 Å². The van der Waals surface area contributed by atoms with Gasteiger partial charge < -0.3 is 5.32 Å². The van der Waals surface area contributed by atoms with Crippen LogP contribution >= 0.6 is 27.5 Å². The normalized spacial score (nSPS) is 10.2. The van der Waals surface area contributed by atoms with Gasteiger partial charge in [0.25, 0.3) is 11.6 Å². The first-order chi connectivity index (χ1) is 9.88. The Morgan fingerprint density at radius 3 is 2.62 bits per heavy atom. The number of anilines is 1. The summed E-state index contributed by atoms with van der Waals surface area (Å²) in [4.78, 5) is 22.4. The molecule has 0 spiro atoms. The molecule has 5 nitrogen and oxygen atoms in total. The van der Waals surface area contributed by atoms with E-state index < -0.39 is 4.92 Å². The van der Waals surface area contributed by atoms with E-state index in [0.29, 0.717) is 26.3 Å². The number of nitro benzene ring substituents is 1. The Morgan fingerprint density at radius 1 is 1.29 bits per heavy atom. The number of benzene rings is 2. The first-order valence-electron chi connectivity index (χ1n) is 5.90. The second kappa shape index (κ2) is 6.24. The fraction of sp³-hybridized carbons (Fsp3) is 0.0714. The summed E-state index contributed by atoms with van der Waals surface area (Å²) < 4.78 is 0.615. The number of nitrogens with zero attached hydrogens (tertiary/aromatic N) is 1. The van der Waals surface area contributed by atoms with Crippen LogP contribution in [0.15, 0.2) is 40.9 Å². The number of carbonyl (C=O) groups excluding carboxylic acids is 1. The fourth-order valence-corrected chi connectivity index (χ4v) is 2.36. The van der Waals surface area contributed by atoms with E-state index in [-0.39, 0.29) is 11.6 Å². The minimum absolute atomic E-state index is 0.0190. The lowest BCUT2D eigenvalue weighted by Crippen LogP contribution is -2.13. The maximum atomic E-state index is 12.2. The Kier molecular flexibility index (Phi) is 4.59. The van der Waals surface area contributed by atoms with Crippen molar-refractivity contribution in [3.05, 3.63) is 67.1 Å². The number of amides is 1. The van der Waals surface area contributed by atoms with Crippen molar-refractivity contribution in [2.45, 2.75) is 6.92 Å². The summed E-state index contributed by atoms with van der Waals surface area (Å²) in [5.74, 6) is -0.346. The van der Waals surface area contributed by atoms with Gasteiger partial charge in [0.1, 0.15) is 0 Å².